The minimum atomic E-state index is -0.543. The number of para-hydroxylation sites is 1. The number of hydrogen-bond donors (Lipinski definition) is 0. The Kier molecular flexibility index (Phi) is 4.35. The number of halogens is 1. The fourth-order valence-corrected chi connectivity index (χ4v) is 1.96. The highest BCUT2D eigenvalue weighted by atomic mass is 19.1. The van der Waals surface area contributed by atoms with Crippen molar-refractivity contribution in [1.29, 1.82) is 0 Å². The molecule has 0 radical (unpaired) electrons. The Morgan fingerprint density at radius 1 is 1.05 bits per heavy atom. The van der Waals surface area contributed by atoms with Gasteiger partial charge in [-0.1, -0.05) is 18.2 Å². The molecule has 0 heterocycles. The summed E-state index contributed by atoms with van der Waals surface area (Å²) in [6.45, 7) is 0. The van der Waals surface area contributed by atoms with Crippen molar-refractivity contribution in [3.63, 3.8) is 0 Å². The number of Topliss-reactive ketones (excluding diaryl/α,β-unsaturated/α-hetero) is 1. The van der Waals surface area contributed by atoms with Crippen molar-refractivity contribution in [2.24, 2.45) is 0 Å². The van der Waals surface area contributed by atoms with E-state index in [1.807, 2.05) is 18.2 Å². The zero-order chi connectivity index (χ0) is 14.5. The Hall–Kier alpha value is -2.36. The van der Waals surface area contributed by atoms with Crippen molar-refractivity contribution in [2.45, 2.75) is 6.42 Å². The van der Waals surface area contributed by atoms with E-state index in [1.54, 1.807) is 19.2 Å². The zero-order valence-electron chi connectivity index (χ0n) is 11.4. The molecule has 0 saturated carbocycles. The highest BCUT2D eigenvalue weighted by molar-refractivity contribution is 5.97. The summed E-state index contributed by atoms with van der Waals surface area (Å²) in [6, 6.07) is 11.5. The standard InChI is InChI=1S/C16H15FO3/c1-19-15-6-4-3-5-12(15)10-14(18)11-7-8-16(20-2)13(17)9-11/h3-9H,10H2,1-2H3. The zero-order valence-corrected chi connectivity index (χ0v) is 11.4. The normalized spacial score (nSPS) is 10.2. The third kappa shape index (κ3) is 2.96. The monoisotopic (exact) mass is 274 g/mol. The van der Waals surface area contributed by atoms with Crippen LogP contribution in [0.4, 0.5) is 4.39 Å². The smallest absolute Gasteiger partial charge is 0.167 e. The summed E-state index contributed by atoms with van der Waals surface area (Å²) in [5.74, 6) is 0.0584. The second-order valence-electron chi connectivity index (χ2n) is 4.26. The molecule has 3 nitrogen and oxygen atoms in total. The summed E-state index contributed by atoms with van der Waals surface area (Å²) in [5.41, 5.74) is 1.09. The third-order valence-corrected chi connectivity index (χ3v) is 3.02. The van der Waals surface area contributed by atoms with E-state index < -0.39 is 5.82 Å². The molecule has 4 heteroatoms. The molecule has 0 saturated heterocycles. The van der Waals surface area contributed by atoms with Crippen LogP contribution in [0.15, 0.2) is 42.5 Å². The lowest BCUT2D eigenvalue weighted by molar-refractivity contribution is 0.0991. The van der Waals surface area contributed by atoms with E-state index in [0.29, 0.717) is 11.3 Å². The summed E-state index contributed by atoms with van der Waals surface area (Å²) >= 11 is 0. The second-order valence-corrected chi connectivity index (χ2v) is 4.26. The van der Waals surface area contributed by atoms with E-state index >= 15 is 0 Å². The highest BCUT2D eigenvalue weighted by Gasteiger charge is 2.13. The van der Waals surface area contributed by atoms with E-state index in [-0.39, 0.29) is 18.0 Å². The second kappa shape index (κ2) is 6.19. The Labute approximate surface area is 117 Å². The maximum absolute atomic E-state index is 13.6. The first-order chi connectivity index (χ1) is 9.65. The van der Waals surface area contributed by atoms with Crippen molar-refractivity contribution in [3.05, 3.63) is 59.4 Å². The summed E-state index contributed by atoms with van der Waals surface area (Å²) in [5, 5.41) is 0. The van der Waals surface area contributed by atoms with E-state index in [1.165, 1.54) is 19.2 Å². The number of rotatable bonds is 5. The van der Waals surface area contributed by atoms with Crippen molar-refractivity contribution in [2.75, 3.05) is 14.2 Å². The minimum absolute atomic E-state index is 0.124. The minimum Gasteiger partial charge on any atom is -0.496 e. The van der Waals surface area contributed by atoms with Gasteiger partial charge in [-0.25, -0.2) is 4.39 Å². The SMILES string of the molecule is COc1ccc(C(=O)Cc2ccccc2OC)cc1F. The number of hydrogen-bond acceptors (Lipinski definition) is 3. The molecule has 2 rings (SSSR count). The number of carbonyl (C=O) groups excluding carboxylic acids is 1. The van der Waals surface area contributed by atoms with Gasteiger partial charge in [0.15, 0.2) is 17.3 Å². The summed E-state index contributed by atoms with van der Waals surface area (Å²) < 4.78 is 23.6. The van der Waals surface area contributed by atoms with Crippen LogP contribution in [0.2, 0.25) is 0 Å². The molecule has 0 N–H and O–H groups in total. The molecule has 104 valence electrons. The van der Waals surface area contributed by atoms with Crippen molar-refractivity contribution < 1.29 is 18.7 Å². The Morgan fingerprint density at radius 3 is 2.40 bits per heavy atom. The molecule has 2 aromatic rings. The topological polar surface area (TPSA) is 35.5 Å². The average Bonchev–Trinajstić information content (AvgIpc) is 2.47. The third-order valence-electron chi connectivity index (χ3n) is 3.02. The van der Waals surface area contributed by atoms with Gasteiger partial charge in [-0.05, 0) is 24.3 Å². The van der Waals surface area contributed by atoms with E-state index in [9.17, 15) is 9.18 Å². The van der Waals surface area contributed by atoms with Crippen molar-refractivity contribution >= 4 is 5.78 Å². The number of methoxy groups -OCH3 is 2. The highest BCUT2D eigenvalue weighted by Crippen LogP contribution is 2.22. The maximum Gasteiger partial charge on any atom is 0.167 e. The van der Waals surface area contributed by atoms with Crippen LogP contribution < -0.4 is 9.47 Å². The molecular formula is C16H15FO3. The molecule has 0 spiro atoms. The molecule has 2 aromatic carbocycles. The summed E-state index contributed by atoms with van der Waals surface area (Å²) in [7, 11) is 2.94. The lowest BCUT2D eigenvalue weighted by Crippen LogP contribution is -2.05. The van der Waals surface area contributed by atoms with Gasteiger partial charge in [0.05, 0.1) is 14.2 Å². The van der Waals surface area contributed by atoms with E-state index in [4.69, 9.17) is 9.47 Å². The first-order valence-electron chi connectivity index (χ1n) is 6.14. The van der Waals surface area contributed by atoms with Crippen molar-refractivity contribution in [3.8, 4) is 11.5 Å². The lowest BCUT2D eigenvalue weighted by atomic mass is 10.0. The van der Waals surface area contributed by atoms with Gasteiger partial charge in [0.2, 0.25) is 0 Å². The molecule has 0 fully saturated rings. The quantitative estimate of drug-likeness (QED) is 0.785. The van der Waals surface area contributed by atoms with Gasteiger partial charge in [0.1, 0.15) is 5.75 Å². The van der Waals surface area contributed by atoms with Gasteiger partial charge in [-0.2, -0.15) is 0 Å². The molecule has 0 aliphatic heterocycles. The van der Waals surface area contributed by atoms with Crippen LogP contribution in [0.25, 0.3) is 0 Å². The molecular weight excluding hydrogens is 259 g/mol. The number of ether oxygens (including phenoxy) is 2. The number of benzene rings is 2. The van der Waals surface area contributed by atoms with Gasteiger partial charge in [-0.15, -0.1) is 0 Å². The predicted molar refractivity (Wildman–Crippen MR) is 74.0 cm³/mol. The molecule has 0 aliphatic rings. The maximum atomic E-state index is 13.6. The van der Waals surface area contributed by atoms with Gasteiger partial charge < -0.3 is 9.47 Å². The molecule has 0 bridgehead atoms. The number of ketones is 1. The summed E-state index contributed by atoms with van der Waals surface area (Å²) in [6.07, 6.45) is 0.162. The molecule has 0 unspecified atom stereocenters. The first-order valence-corrected chi connectivity index (χ1v) is 6.14. The number of carbonyl (C=O) groups is 1. The molecule has 0 aliphatic carbocycles. The molecule has 0 atom stereocenters. The van der Waals surface area contributed by atoms with Crippen LogP contribution in [0.1, 0.15) is 15.9 Å². The van der Waals surface area contributed by atoms with E-state index in [0.717, 1.165) is 5.56 Å². The van der Waals surface area contributed by atoms with Crippen LogP contribution >= 0.6 is 0 Å². The van der Waals surface area contributed by atoms with Crippen LogP contribution in [-0.4, -0.2) is 20.0 Å². The molecule has 20 heavy (non-hydrogen) atoms. The fraction of sp³-hybridized carbons (Fsp3) is 0.188. The fourth-order valence-electron chi connectivity index (χ4n) is 1.96. The Morgan fingerprint density at radius 2 is 1.75 bits per heavy atom. The van der Waals surface area contributed by atoms with Crippen LogP contribution in [0.3, 0.4) is 0 Å². The van der Waals surface area contributed by atoms with Gasteiger partial charge in [-0.3, -0.25) is 4.79 Å². The molecule has 0 aromatic heterocycles. The average molecular weight is 274 g/mol. The predicted octanol–water partition coefficient (Wildman–Crippen LogP) is 3.27. The van der Waals surface area contributed by atoms with Crippen LogP contribution in [0, 0.1) is 5.82 Å². The molecule has 0 amide bonds. The summed E-state index contributed by atoms with van der Waals surface area (Å²) in [4.78, 5) is 12.2. The Bertz CT molecular complexity index is 623. The van der Waals surface area contributed by atoms with Crippen molar-refractivity contribution in [1.82, 2.24) is 0 Å². The van der Waals surface area contributed by atoms with Crippen LogP contribution in [0.5, 0.6) is 11.5 Å². The van der Waals surface area contributed by atoms with Gasteiger partial charge in [0, 0.05) is 17.5 Å². The lowest BCUT2D eigenvalue weighted by Gasteiger charge is -2.08. The largest absolute Gasteiger partial charge is 0.496 e. The first kappa shape index (κ1) is 14.1. The Balaban J connectivity index is 2.22. The van der Waals surface area contributed by atoms with E-state index in [2.05, 4.69) is 0 Å². The van der Waals surface area contributed by atoms with Gasteiger partial charge >= 0.3 is 0 Å². The van der Waals surface area contributed by atoms with Crippen LogP contribution in [-0.2, 0) is 6.42 Å². The van der Waals surface area contributed by atoms with Gasteiger partial charge in [0.25, 0.3) is 0 Å².